The van der Waals surface area contributed by atoms with Crippen molar-refractivity contribution < 1.29 is 14.1 Å². The number of carbonyl (C=O) groups excluding carboxylic acids is 2. The molecule has 4 rings (SSSR count). The van der Waals surface area contributed by atoms with Gasteiger partial charge >= 0.3 is 5.76 Å². The lowest BCUT2D eigenvalue weighted by Crippen LogP contribution is -2.33. The predicted molar refractivity (Wildman–Crippen MR) is 107 cm³/mol. The van der Waals surface area contributed by atoms with Crippen LogP contribution >= 0.6 is 0 Å². The zero-order valence-electron chi connectivity index (χ0n) is 15.6. The lowest BCUT2D eigenvalue weighted by Gasteiger charge is -2.32. The van der Waals surface area contributed by atoms with Gasteiger partial charge in [0.25, 0.3) is 0 Å². The summed E-state index contributed by atoms with van der Waals surface area (Å²) in [6.45, 7) is 1.48. The lowest BCUT2D eigenvalue weighted by atomic mass is 9.93. The first-order valence-electron chi connectivity index (χ1n) is 9.03. The zero-order chi connectivity index (χ0) is 20.4. The Morgan fingerprint density at radius 1 is 1.17 bits per heavy atom. The van der Waals surface area contributed by atoms with Crippen LogP contribution in [-0.2, 0) is 9.59 Å². The standard InChI is InChI=1S/C21H18N4O4/c1-13(26)25-11-10-14-4-2-3-5-17(14)18(25)12-19(27)22-16-8-6-15(7-9-16)20-23-21(28)29-24-20/h2-11,18H,12H2,1H3,(H,22,27)(H,23,24,28)/t18-/m0/s1. The fourth-order valence-electron chi connectivity index (χ4n) is 3.37. The topological polar surface area (TPSA) is 108 Å². The first kappa shape index (κ1) is 18.4. The zero-order valence-corrected chi connectivity index (χ0v) is 15.6. The number of carbonyl (C=O) groups is 2. The van der Waals surface area contributed by atoms with Crippen molar-refractivity contribution in [3.8, 4) is 11.4 Å². The molecule has 0 unspecified atom stereocenters. The Labute approximate surface area is 165 Å². The smallest absolute Gasteiger partial charge is 0.326 e. The van der Waals surface area contributed by atoms with Crippen LogP contribution in [0.5, 0.6) is 0 Å². The van der Waals surface area contributed by atoms with Gasteiger partial charge in [-0.25, -0.2) is 4.79 Å². The molecule has 1 atom stereocenters. The Kier molecular flexibility index (Phi) is 4.82. The van der Waals surface area contributed by atoms with Crippen LogP contribution in [0.2, 0.25) is 0 Å². The molecule has 1 aliphatic heterocycles. The summed E-state index contributed by atoms with van der Waals surface area (Å²) in [4.78, 5) is 39.8. The molecule has 29 heavy (non-hydrogen) atoms. The minimum Gasteiger partial charge on any atom is -0.326 e. The van der Waals surface area contributed by atoms with Gasteiger partial charge in [0.2, 0.25) is 11.8 Å². The Morgan fingerprint density at radius 2 is 1.93 bits per heavy atom. The molecule has 0 saturated heterocycles. The maximum absolute atomic E-state index is 12.7. The molecule has 0 fully saturated rings. The number of aromatic amines is 1. The fraction of sp³-hybridized carbons (Fsp3) is 0.143. The van der Waals surface area contributed by atoms with Crippen LogP contribution in [0, 0.1) is 0 Å². The molecule has 8 nitrogen and oxygen atoms in total. The summed E-state index contributed by atoms with van der Waals surface area (Å²) < 4.78 is 4.49. The number of amides is 2. The molecule has 8 heteroatoms. The Bertz CT molecular complexity index is 1140. The van der Waals surface area contributed by atoms with Crippen LogP contribution < -0.4 is 11.1 Å². The van der Waals surface area contributed by atoms with E-state index in [-0.39, 0.29) is 24.3 Å². The molecule has 1 aromatic heterocycles. The van der Waals surface area contributed by atoms with Gasteiger partial charge in [0, 0.05) is 24.4 Å². The van der Waals surface area contributed by atoms with E-state index in [0.29, 0.717) is 17.1 Å². The van der Waals surface area contributed by atoms with Crippen LogP contribution in [-0.4, -0.2) is 26.9 Å². The molecule has 0 saturated carbocycles. The van der Waals surface area contributed by atoms with Crippen molar-refractivity contribution in [1.29, 1.82) is 0 Å². The third-order valence-electron chi connectivity index (χ3n) is 4.73. The van der Waals surface area contributed by atoms with E-state index in [1.54, 1.807) is 35.4 Å². The first-order valence-corrected chi connectivity index (χ1v) is 9.03. The van der Waals surface area contributed by atoms with Gasteiger partial charge in [0.15, 0.2) is 5.82 Å². The van der Waals surface area contributed by atoms with E-state index in [1.807, 2.05) is 30.3 Å². The van der Waals surface area contributed by atoms with Crippen LogP contribution in [0.15, 0.2) is 64.0 Å². The number of H-pyrrole nitrogens is 1. The van der Waals surface area contributed by atoms with E-state index in [9.17, 15) is 14.4 Å². The van der Waals surface area contributed by atoms with Crippen LogP contribution in [0.4, 0.5) is 5.69 Å². The molecule has 2 heterocycles. The number of aromatic nitrogens is 2. The fourth-order valence-corrected chi connectivity index (χ4v) is 3.37. The van der Waals surface area contributed by atoms with Crippen LogP contribution in [0.3, 0.4) is 0 Å². The monoisotopic (exact) mass is 390 g/mol. The Balaban J connectivity index is 1.49. The minimum absolute atomic E-state index is 0.124. The normalized spacial score (nSPS) is 15.1. The highest BCUT2D eigenvalue weighted by Gasteiger charge is 2.28. The SMILES string of the molecule is CC(=O)N1C=Cc2ccccc2[C@@H]1CC(=O)Nc1ccc(-c2noc(=O)[nH]2)cc1. The predicted octanol–water partition coefficient (Wildman–Crippen LogP) is 2.93. The van der Waals surface area contributed by atoms with Crippen molar-refractivity contribution in [2.75, 3.05) is 5.32 Å². The number of fused-ring (bicyclic) bond motifs is 1. The molecule has 2 N–H and O–H groups in total. The average molecular weight is 390 g/mol. The molecule has 146 valence electrons. The van der Waals surface area contributed by atoms with E-state index < -0.39 is 5.76 Å². The number of nitrogens with zero attached hydrogens (tertiary/aromatic N) is 2. The van der Waals surface area contributed by atoms with Gasteiger partial charge in [-0.1, -0.05) is 29.4 Å². The minimum atomic E-state index is -0.630. The second kappa shape index (κ2) is 7.59. The molecule has 0 radical (unpaired) electrons. The number of benzene rings is 2. The van der Waals surface area contributed by atoms with Crippen molar-refractivity contribution in [2.24, 2.45) is 0 Å². The van der Waals surface area contributed by atoms with E-state index in [0.717, 1.165) is 11.1 Å². The van der Waals surface area contributed by atoms with E-state index in [1.165, 1.54) is 6.92 Å². The highest BCUT2D eigenvalue weighted by Crippen LogP contribution is 2.33. The second-order valence-corrected chi connectivity index (χ2v) is 6.66. The highest BCUT2D eigenvalue weighted by atomic mass is 16.5. The van der Waals surface area contributed by atoms with Gasteiger partial charge < -0.3 is 10.2 Å². The van der Waals surface area contributed by atoms with E-state index >= 15 is 0 Å². The van der Waals surface area contributed by atoms with Crippen molar-refractivity contribution in [1.82, 2.24) is 15.0 Å². The number of rotatable bonds is 4. The number of hydrogen-bond donors (Lipinski definition) is 2. The summed E-state index contributed by atoms with van der Waals surface area (Å²) in [5.41, 5.74) is 3.18. The van der Waals surface area contributed by atoms with Crippen molar-refractivity contribution in [3.05, 3.63) is 76.4 Å². The maximum atomic E-state index is 12.7. The summed E-state index contributed by atoms with van der Waals surface area (Å²) in [6.07, 6.45) is 3.72. The van der Waals surface area contributed by atoms with Gasteiger partial charge in [-0.05, 0) is 41.5 Å². The first-order chi connectivity index (χ1) is 14.0. The van der Waals surface area contributed by atoms with Gasteiger partial charge in [-0.15, -0.1) is 0 Å². The van der Waals surface area contributed by atoms with Crippen LogP contribution in [0.25, 0.3) is 17.5 Å². The van der Waals surface area contributed by atoms with E-state index in [2.05, 4.69) is 20.0 Å². The van der Waals surface area contributed by atoms with Gasteiger partial charge in [-0.3, -0.25) is 19.1 Å². The molecular formula is C21H18N4O4. The lowest BCUT2D eigenvalue weighted by molar-refractivity contribution is -0.129. The summed E-state index contributed by atoms with van der Waals surface area (Å²) in [7, 11) is 0. The molecule has 2 amide bonds. The van der Waals surface area contributed by atoms with Gasteiger partial charge in [0.05, 0.1) is 12.5 Å². The third-order valence-corrected chi connectivity index (χ3v) is 4.73. The van der Waals surface area contributed by atoms with Gasteiger partial charge in [-0.2, -0.15) is 0 Å². The van der Waals surface area contributed by atoms with Crippen molar-refractivity contribution in [2.45, 2.75) is 19.4 Å². The summed E-state index contributed by atoms with van der Waals surface area (Å²) in [5, 5.41) is 6.47. The van der Waals surface area contributed by atoms with E-state index in [4.69, 9.17) is 0 Å². The molecular weight excluding hydrogens is 372 g/mol. The molecule has 0 bridgehead atoms. The molecule has 0 aliphatic carbocycles. The number of nitrogens with one attached hydrogen (secondary N) is 2. The molecule has 2 aromatic carbocycles. The van der Waals surface area contributed by atoms with Crippen molar-refractivity contribution in [3.63, 3.8) is 0 Å². The second-order valence-electron chi connectivity index (χ2n) is 6.66. The molecule has 3 aromatic rings. The largest absolute Gasteiger partial charge is 0.439 e. The quantitative estimate of drug-likeness (QED) is 0.712. The number of hydrogen-bond acceptors (Lipinski definition) is 5. The summed E-state index contributed by atoms with van der Waals surface area (Å²) in [5.74, 6) is -0.654. The average Bonchev–Trinajstić information content (AvgIpc) is 3.15. The Morgan fingerprint density at radius 3 is 2.62 bits per heavy atom. The summed E-state index contributed by atoms with van der Waals surface area (Å²) >= 11 is 0. The number of anilines is 1. The molecule has 0 spiro atoms. The maximum Gasteiger partial charge on any atom is 0.439 e. The Hall–Kier alpha value is -3.94. The van der Waals surface area contributed by atoms with Crippen molar-refractivity contribution >= 4 is 23.6 Å². The highest BCUT2D eigenvalue weighted by molar-refractivity contribution is 5.92. The molecule has 1 aliphatic rings. The van der Waals surface area contributed by atoms with Gasteiger partial charge in [0.1, 0.15) is 0 Å². The third kappa shape index (κ3) is 3.86. The van der Waals surface area contributed by atoms with Crippen LogP contribution in [0.1, 0.15) is 30.5 Å². The summed E-state index contributed by atoms with van der Waals surface area (Å²) in [6, 6.07) is 14.2.